The summed E-state index contributed by atoms with van der Waals surface area (Å²) >= 11 is 0. The minimum atomic E-state index is 0.0369. The molecule has 84 valence electrons. The highest BCUT2D eigenvalue weighted by Crippen LogP contribution is 2.37. The van der Waals surface area contributed by atoms with Crippen LogP contribution in [0.15, 0.2) is 42.7 Å². The zero-order chi connectivity index (χ0) is 11.8. The quantitative estimate of drug-likeness (QED) is 0.733. The molecule has 3 rings (SSSR count). The maximum absolute atomic E-state index is 12.3. The molecule has 0 N–H and O–H groups in total. The van der Waals surface area contributed by atoms with E-state index in [9.17, 15) is 4.79 Å². The second-order valence-corrected chi connectivity index (χ2v) is 4.57. The first-order valence-electron chi connectivity index (χ1n) is 5.79. The first-order chi connectivity index (χ1) is 8.25. The molecule has 1 atom stereocenters. The summed E-state index contributed by atoms with van der Waals surface area (Å²) in [6.45, 7) is 1.96. The molecule has 0 radical (unpaired) electrons. The van der Waals surface area contributed by atoms with E-state index in [1.807, 2.05) is 31.2 Å². The molecule has 0 spiro atoms. The molecule has 2 nitrogen and oxygen atoms in total. The number of benzene rings is 1. The Morgan fingerprint density at radius 2 is 2.12 bits per heavy atom. The van der Waals surface area contributed by atoms with Gasteiger partial charge >= 0.3 is 0 Å². The summed E-state index contributed by atoms with van der Waals surface area (Å²) in [5.41, 5.74) is 4.23. The third-order valence-electron chi connectivity index (χ3n) is 3.33. The fraction of sp³-hybridized carbons (Fsp3) is 0.200. The van der Waals surface area contributed by atoms with Crippen molar-refractivity contribution in [2.45, 2.75) is 19.3 Å². The number of Topliss-reactive ketones (excluding diaryl/α,β-unsaturated/α-hetero) is 1. The average molecular weight is 223 g/mol. The summed E-state index contributed by atoms with van der Waals surface area (Å²) in [7, 11) is 0. The number of pyridine rings is 1. The van der Waals surface area contributed by atoms with Crippen LogP contribution in [-0.2, 0) is 6.42 Å². The normalized spacial score (nSPS) is 17.1. The molecule has 0 amide bonds. The minimum absolute atomic E-state index is 0.0369. The summed E-state index contributed by atoms with van der Waals surface area (Å²) in [6.07, 6.45) is 4.30. The first-order valence-corrected chi connectivity index (χ1v) is 5.79. The van der Waals surface area contributed by atoms with Crippen molar-refractivity contribution >= 4 is 5.78 Å². The van der Waals surface area contributed by atoms with Crippen LogP contribution in [0.3, 0.4) is 0 Å². The van der Waals surface area contributed by atoms with Crippen LogP contribution in [0.4, 0.5) is 0 Å². The van der Waals surface area contributed by atoms with E-state index in [1.165, 1.54) is 11.1 Å². The molecule has 0 saturated carbocycles. The summed E-state index contributed by atoms with van der Waals surface area (Å²) in [5.74, 6) is 0.231. The van der Waals surface area contributed by atoms with Crippen molar-refractivity contribution in [3.63, 3.8) is 0 Å². The average Bonchev–Trinajstić information content (AvgIpc) is 2.30. The number of rotatable bonds is 2. The molecule has 0 aliphatic heterocycles. The van der Waals surface area contributed by atoms with Crippen molar-refractivity contribution in [1.29, 1.82) is 0 Å². The Labute approximate surface area is 100 Å². The van der Waals surface area contributed by atoms with Crippen LogP contribution in [0.25, 0.3) is 0 Å². The number of aromatic nitrogens is 1. The molecule has 2 aromatic rings. The third-order valence-corrected chi connectivity index (χ3v) is 3.33. The van der Waals surface area contributed by atoms with Crippen LogP contribution in [0.1, 0.15) is 33.0 Å². The maximum atomic E-state index is 12.3. The number of ketones is 1. The van der Waals surface area contributed by atoms with Gasteiger partial charge < -0.3 is 0 Å². The Morgan fingerprint density at radius 1 is 1.29 bits per heavy atom. The van der Waals surface area contributed by atoms with Gasteiger partial charge in [-0.2, -0.15) is 0 Å². The SMILES string of the molecule is Cc1cncc(C(=O)C2Cc3ccccc32)c1. The number of carbonyl (C=O) groups excluding carboxylic acids is 1. The van der Waals surface area contributed by atoms with Crippen molar-refractivity contribution < 1.29 is 4.79 Å². The van der Waals surface area contributed by atoms with Crippen molar-refractivity contribution in [2.75, 3.05) is 0 Å². The summed E-state index contributed by atoms with van der Waals surface area (Å²) in [4.78, 5) is 16.4. The number of fused-ring (bicyclic) bond motifs is 1. The Morgan fingerprint density at radius 3 is 2.88 bits per heavy atom. The number of aryl methyl sites for hydroxylation is 1. The largest absolute Gasteiger partial charge is 0.293 e. The second kappa shape index (κ2) is 3.81. The summed E-state index contributed by atoms with van der Waals surface area (Å²) in [5, 5.41) is 0. The van der Waals surface area contributed by atoms with Crippen LogP contribution in [-0.4, -0.2) is 10.8 Å². The molecule has 1 unspecified atom stereocenters. The van der Waals surface area contributed by atoms with Crippen LogP contribution < -0.4 is 0 Å². The number of hydrogen-bond donors (Lipinski definition) is 0. The molecule has 2 heteroatoms. The monoisotopic (exact) mass is 223 g/mol. The van der Waals surface area contributed by atoms with E-state index >= 15 is 0 Å². The van der Waals surface area contributed by atoms with Gasteiger partial charge in [0.15, 0.2) is 5.78 Å². The summed E-state index contributed by atoms with van der Waals surface area (Å²) in [6, 6.07) is 10.1. The van der Waals surface area contributed by atoms with Gasteiger partial charge in [0.2, 0.25) is 0 Å². The molecule has 1 aliphatic rings. The Balaban J connectivity index is 1.91. The van der Waals surface area contributed by atoms with Crippen molar-refractivity contribution in [3.8, 4) is 0 Å². The molecule has 17 heavy (non-hydrogen) atoms. The van der Waals surface area contributed by atoms with Gasteiger partial charge in [-0.1, -0.05) is 24.3 Å². The summed E-state index contributed by atoms with van der Waals surface area (Å²) < 4.78 is 0. The minimum Gasteiger partial charge on any atom is -0.293 e. The molecular formula is C15H13NO. The molecular weight excluding hydrogens is 210 g/mol. The van der Waals surface area contributed by atoms with Gasteiger partial charge in [0.25, 0.3) is 0 Å². The van der Waals surface area contributed by atoms with E-state index in [-0.39, 0.29) is 11.7 Å². The van der Waals surface area contributed by atoms with Crippen LogP contribution in [0.2, 0.25) is 0 Å². The fourth-order valence-corrected chi connectivity index (χ4v) is 2.38. The van der Waals surface area contributed by atoms with Gasteiger partial charge in [-0.05, 0) is 36.1 Å². The van der Waals surface area contributed by atoms with E-state index in [0.29, 0.717) is 0 Å². The van der Waals surface area contributed by atoms with Crippen molar-refractivity contribution in [2.24, 2.45) is 0 Å². The van der Waals surface area contributed by atoms with Crippen LogP contribution >= 0.6 is 0 Å². The standard InChI is InChI=1S/C15H13NO/c1-10-6-12(9-16-8-10)15(17)14-7-11-4-2-3-5-13(11)14/h2-6,8-9,14H,7H2,1H3. The van der Waals surface area contributed by atoms with Crippen molar-refractivity contribution in [3.05, 3.63) is 65.0 Å². The first kappa shape index (κ1) is 10.2. The Bertz CT molecular complexity index is 589. The lowest BCUT2D eigenvalue weighted by Gasteiger charge is -2.28. The van der Waals surface area contributed by atoms with E-state index in [4.69, 9.17) is 0 Å². The molecule has 0 fully saturated rings. The number of nitrogens with zero attached hydrogens (tertiary/aromatic N) is 1. The second-order valence-electron chi connectivity index (χ2n) is 4.57. The topological polar surface area (TPSA) is 30.0 Å². The van der Waals surface area contributed by atoms with Gasteiger partial charge in [-0.25, -0.2) is 0 Å². The van der Waals surface area contributed by atoms with Crippen LogP contribution in [0, 0.1) is 6.92 Å². The predicted molar refractivity (Wildman–Crippen MR) is 66.2 cm³/mol. The number of hydrogen-bond acceptors (Lipinski definition) is 2. The van der Waals surface area contributed by atoms with Crippen LogP contribution in [0.5, 0.6) is 0 Å². The fourth-order valence-electron chi connectivity index (χ4n) is 2.38. The zero-order valence-electron chi connectivity index (χ0n) is 9.68. The van der Waals surface area contributed by atoms with Gasteiger partial charge in [0.05, 0.1) is 5.92 Å². The molecule has 1 aliphatic carbocycles. The molecule has 1 heterocycles. The van der Waals surface area contributed by atoms with E-state index in [1.54, 1.807) is 12.4 Å². The van der Waals surface area contributed by atoms with E-state index in [2.05, 4.69) is 11.1 Å². The third kappa shape index (κ3) is 1.66. The smallest absolute Gasteiger partial charge is 0.172 e. The van der Waals surface area contributed by atoms with Crippen molar-refractivity contribution in [1.82, 2.24) is 4.98 Å². The zero-order valence-corrected chi connectivity index (χ0v) is 9.68. The Kier molecular flexibility index (Phi) is 2.29. The van der Waals surface area contributed by atoms with Gasteiger partial charge in [-0.3, -0.25) is 9.78 Å². The molecule has 1 aromatic carbocycles. The van der Waals surface area contributed by atoms with Gasteiger partial charge in [0, 0.05) is 18.0 Å². The number of carbonyl (C=O) groups is 1. The lowest BCUT2D eigenvalue weighted by Crippen LogP contribution is -2.25. The Hall–Kier alpha value is -1.96. The molecule has 0 saturated heterocycles. The molecule has 0 bridgehead atoms. The lowest BCUT2D eigenvalue weighted by molar-refractivity contribution is 0.0948. The maximum Gasteiger partial charge on any atom is 0.172 e. The molecule has 1 aromatic heterocycles. The van der Waals surface area contributed by atoms with E-state index in [0.717, 1.165) is 17.5 Å². The van der Waals surface area contributed by atoms with Gasteiger partial charge in [-0.15, -0.1) is 0 Å². The highest BCUT2D eigenvalue weighted by Gasteiger charge is 2.32. The van der Waals surface area contributed by atoms with Gasteiger partial charge in [0.1, 0.15) is 0 Å². The van der Waals surface area contributed by atoms with E-state index < -0.39 is 0 Å². The highest BCUT2D eigenvalue weighted by atomic mass is 16.1. The lowest BCUT2D eigenvalue weighted by atomic mass is 9.74. The predicted octanol–water partition coefficient (Wildman–Crippen LogP) is 2.91. The highest BCUT2D eigenvalue weighted by molar-refractivity contribution is 6.02.